The number of carboxylic acid groups (broad SMARTS) is 1. The summed E-state index contributed by atoms with van der Waals surface area (Å²) >= 11 is 0. The lowest BCUT2D eigenvalue weighted by Gasteiger charge is -2.28. The predicted octanol–water partition coefficient (Wildman–Crippen LogP) is 3.27. The fourth-order valence-corrected chi connectivity index (χ4v) is 3.54. The number of nitrogens with zero attached hydrogens (tertiary/aromatic N) is 2. The minimum absolute atomic E-state index is 0.0521. The molecule has 3 rings (SSSR count). The van der Waals surface area contributed by atoms with Crippen molar-refractivity contribution in [1.29, 1.82) is 0 Å². The molecule has 6 nitrogen and oxygen atoms in total. The van der Waals surface area contributed by atoms with E-state index in [-0.39, 0.29) is 12.5 Å². The van der Waals surface area contributed by atoms with Crippen molar-refractivity contribution in [1.82, 2.24) is 9.78 Å². The van der Waals surface area contributed by atoms with Crippen LogP contribution < -0.4 is 5.32 Å². The predicted molar refractivity (Wildman–Crippen MR) is 94.3 cm³/mol. The van der Waals surface area contributed by atoms with Crippen LogP contribution in [0.5, 0.6) is 0 Å². The Balaban J connectivity index is 1.45. The van der Waals surface area contributed by atoms with Crippen LogP contribution in [0.2, 0.25) is 0 Å². The molecule has 1 heterocycles. The zero-order valence-corrected chi connectivity index (χ0v) is 14.1. The maximum Gasteiger partial charge on any atom is 0.325 e. The fourth-order valence-electron chi connectivity index (χ4n) is 3.54. The Morgan fingerprint density at radius 2 is 1.84 bits per heavy atom. The highest BCUT2D eigenvalue weighted by Crippen LogP contribution is 2.36. The van der Waals surface area contributed by atoms with Gasteiger partial charge in [0, 0.05) is 18.7 Å². The molecule has 0 aliphatic heterocycles. The highest BCUT2D eigenvalue weighted by atomic mass is 16.4. The molecule has 2 N–H and O–H groups in total. The van der Waals surface area contributed by atoms with Crippen molar-refractivity contribution in [2.75, 3.05) is 5.32 Å². The topological polar surface area (TPSA) is 84.2 Å². The molecule has 6 heteroatoms. The van der Waals surface area contributed by atoms with Crippen molar-refractivity contribution in [2.24, 2.45) is 5.92 Å². The number of hydrogen-bond donors (Lipinski definition) is 2. The second-order valence-electron chi connectivity index (χ2n) is 6.67. The summed E-state index contributed by atoms with van der Waals surface area (Å²) in [4.78, 5) is 22.8. The van der Waals surface area contributed by atoms with E-state index in [0.717, 1.165) is 25.7 Å². The summed E-state index contributed by atoms with van der Waals surface area (Å²) in [6.07, 6.45) is 6.40. The Labute approximate surface area is 146 Å². The van der Waals surface area contributed by atoms with Gasteiger partial charge in [0.15, 0.2) is 5.82 Å². The van der Waals surface area contributed by atoms with Gasteiger partial charge in [-0.1, -0.05) is 30.3 Å². The molecule has 1 aliphatic carbocycles. The van der Waals surface area contributed by atoms with E-state index in [1.54, 1.807) is 12.3 Å². The van der Waals surface area contributed by atoms with E-state index in [4.69, 9.17) is 5.11 Å². The normalized spacial score (nSPS) is 20.2. The van der Waals surface area contributed by atoms with Crippen molar-refractivity contribution >= 4 is 17.7 Å². The van der Waals surface area contributed by atoms with E-state index in [2.05, 4.69) is 34.7 Å². The summed E-state index contributed by atoms with van der Waals surface area (Å²) in [5, 5.41) is 15.5. The van der Waals surface area contributed by atoms with Crippen molar-refractivity contribution in [3.63, 3.8) is 0 Å². The van der Waals surface area contributed by atoms with Crippen LogP contribution in [0.25, 0.3) is 0 Å². The Bertz CT molecular complexity index is 719. The first-order valence-corrected chi connectivity index (χ1v) is 8.70. The van der Waals surface area contributed by atoms with Crippen LogP contribution in [-0.4, -0.2) is 26.8 Å². The molecule has 2 aromatic rings. The molecule has 0 radical (unpaired) electrons. The summed E-state index contributed by atoms with van der Waals surface area (Å²) < 4.78 is 1.29. The molecule has 0 bridgehead atoms. The Kier molecular flexibility index (Phi) is 5.48. The number of carbonyl (C=O) groups is 2. The number of carboxylic acids is 1. The molecule has 0 atom stereocenters. The van der Waals surface area contributed by atoms with Crippen molar-refractivity contribution in [2.45, 2.75) is 44.6 Å². The van der Waals surface area contributed by atoms with E-state index in [9.17, 15) is 9.59 Å². The summed E-state index contributed by atoms with van der Waals surface area (Å²) in [5.74, 6) is 0.400. The quantitative estimate of drug-likeness (QED) is 0.844. The summed E-state index contributed by atoms with van der Waals surface area (Å²) in [7, 11) is 0. The monoisotopic (exact) mass is 341 g/mol. The van der Waals surface area contributed by atoms with Gasteiger partial charge in [0.2, 0.25) is 5.91 Å². The Morgan fingerprint density at radius 1 is 1.12 bits per heavy atom. The van der Waals surface area contributed by atoms with E-state index in [1.165, 1.54) is 10.2 Å². The minimum Gasteiger partial charge on any atom is -0.480 e. The number of benzene rings is 1. The van der Waals surface area contributed by atoms with Crippen LogP contribution in [0.4, 0.5) is 5.82 Å². The lowest BCUT2D eigenvalue weighted by molar-refractivity contribution is -0.137. The van der Waals surface area contributed by atoms with Crippen LogP contribution >= 0.6 is 0 Å². The van der Waals surface area contributed by atoms with Crippen molar-refractivity contribution in [3.05, 3.63) is 48.2 Å². The second kappa shape index (κ2) is 7.96. The third-order valence-electron chi connectivity index (χ3n) is 4.80. The number of carbonyl (C=O) groups excluding carboxylic acids is 1. The zero-order chi connectivity index (χ0) is 17.6. The molecule has 0 saturated heterocycles. The molecular weight excluding hydrogens is 318 g/mol. The number of rotatable bonds is 6. The molecule has 25 heavy (non-hydrogen) atoms. The van der Waals surface area contributed by atoms with Gasteiger partial charge in [-0.3, -0.25) is 14.3 Å². The first-order chi connectivity index (χ1) is 12.1. The molecule has 0 unspecified atom stereocenters. The number of hydrogen-bond acceptors (Lipinski definition) is 3. The van der Waals surface area contributed by atoms with Gasteiger partial charge in [-0.25, -0.2) is 0 Å². The molecule has 1 fully saturated rings. The van der Waals surface area contributed by atoms with Crippen molar-refractivity contribution in [3.8, 4) is 0 Å². The van der Waals surface area contributed by atoms with Crippen LogP contribution in [0.1, 0.15) is 43.6 Å². The standard InChI is InChI=1S/C19H23N3O3/c23-18(20-17-10-11-22(21-17)13-19(24)25)12-14-6-8-16(9-7-14)15-4-2-1-3-5-15/h1-5,10-11,14,16H,6-9,12-13H2,(H,24,25)(H,20,21,23). The van der Waals surface area contributed by atoms with Gasteiger partial charge >= 0.3 is 5.97 Å². The van der Waals surface area contributed by atoms with E-state index in [0.29, 0.717) is 24.1 Å². The third kappa shape index (κ3) is 4.92. The maximum atomic E-state index is 12.2. The van der Waals surface area contributed by atoms with Crippen LogP contribution in [-0.2, 0) is 16.1 Å². The summed E-state index contributed by atoms with van der Waals surface area (Å²) in [6, 6.07) is 12.2. The summed E-state index contributed by atoms with van der Waals surface area (Å²) in [5.41, 5.74) is 1.40. The fraction of sp³-hybridized carbons (Fsp3) is 0.421. The molecule has 1 aliphatic rings. The number of anilines is 1. The smallest absolute Gasteiger partial charge is 0.325 e. The Morgan fingerprint density at radius 3 is 2.52 bits per heavy atom. The van der Waals surface area contributed by atoms with Crippen molar-refractivity contribution < 1.29 is 14.7 Å². The van der Waals surface area contributed by atoms with Crippen LogP contribution in [0, 0.1) is 5.92 Å². The maximum absolute atomic E-state index is 12.2. The molecule has 1 aromatic carbocycles. The van der Waals surface area contributed by atoms with Crippen LogP contribution in [0.3, 0.4) is 0 Å². The SMILES string of the molecule is O=C(O)Cn1ccc(NC(=O)CC2CCC(c3ccccc3)CC2)n1. The summed E-state index contributed by atoms with van der Waals surface area (Å²) in [6.45, 7) is -0.209. The second-order valence-corrected chi connectivity index (χ2v) is 6.67. The highest BCUT2D eigenvalue weighted by molar-refractivity contribution is 5.89. The lowest BCUT2D eigenvalue weighted by atomic mass is 9.77. The van der Waals surface area contributed by atoms with E-state index < -0.39 is 5.97 Å². The first-order valence-electron chi connectivity index (χ1n) is 8.70. The number of aromatic nitrogens is 2. The van der Waals surface area contributed by atoms with Gasteiger partial charge in [-0.05, 0) is 43.1 Å². The van der Waals surface area contributed by atoms with Gasteiger partial charge in [-0.2, -0.15) is 5.10 Å². The largest absolute Gasteiger partial charge is 0.480 e. The average Bonchev–Trinajstić information content (AvgIpc) is 3.02. The van der Waals surface area contributed by atoms with Gasteiger partial charge in [0.1, 0.15) is 6.54 Å². The highest BCUT2D eigenvalue weighted by Gasteiger charge is 2.24. The zero-order valence-electron chi connectivity index (χ0n) is 14.1. The van der Waals surface area contributed by atoms with E-state index in [1.807, 2.05) is 6.07 Å². The van der Waals surface area contributed by atoms with Gasteiger partial charge < -0.3 is 10.4 Å². The van der Waals surface area contributed by atoms with Crippen LogP contribution in [0.15, 0.2) is 42.6 Å². The molecular formula is C19H23N3O3. The molecule has 132 valence electrons. The number of amides is 1. The first kappa shape index (κ1) is 17.2. The van der Waals surface area contributed by atoms with Gasteiger partial charge in [0.25, 0.3) is 0 Å². The average molecular weight is 341 g/mol. The van der Waals surface area contributed by atoms with Gasteiger partial charge in [-0.15, -0.1) is 0 Å². The molecule has 0 spiro atoms. The lowest BCUT2D eigenvalue weighted by Crippen LogP contribution is -2.21. The minimum atomic E-state index is -0.962. The molecule has 1 amide bonds. The van der Waals surface area contributed by atoms with E-state index >= 15 is 0 Å². The third-order valence-corrected chi connectivity index (χ3v) is 4.80. The number of nitrogens with one attached hydrogen (secondary N) is 1. The molecule has 1 aromatic heterocycles. The number of aliphatic carboxylic acids is 1. The van der Waals surface area contributed by atoms with Gasteiger partial charge in [0.05, 0.1) is 0 Å². The molecule has 1 saturated carbocycles. The Hall–Kier alpha value is -2.63.